The van der Waals surface area contributed by atoms with Crippen molar-refractivity contribution in [1.29, 1.82) is 0 Å². The zero-order valence-electron chi connectivity index (χ0n) is 12.0. The fourth-order valence-corrected chi connectivity index (χ4v) is 1.86. The maximum atomic E-state index is 11.4. The number of phosphoric ester groups is 1. The summed E-state index contributed by atoms with van der Waals surface area (Å²) in [5, 5.41) is 0. The van der Waals surface area contributed by atoms with Gasteiger partial charge < -0.3 is 18.4 Å². The van der Waals surface area contributed by atoms with Gasteiger partial charge in [0.2, 0.25) is 0 Å². The van der Waals surface area contributed by atoms with E-state index in [0.717, 1.165) is 0 Å². The number of quaternary nitrogens is 1. The summed E-state index contributed by atoms with van der Waals surface area (Å²) in [6, 6.07) is 0. The van der Waals surface area contributed by atoms with E-state index in [2.05, 4.69) is 9.05 Å². The molecule has 0 aliphatic carbocycles. The van der Waals surface area contributed by atoms with Crippen LogP contribution in [-0.4, -0.2) is 57.0 Å². The highest BCUT2D eigenvalue weighted by molar-refractivity contribution is 7.45. The number of hydrogen-bond acceptors (Lipinski definition) is 6. The van der Waals surface area contributed by atoms with Crippen molar-refractivity contribution in [3.63, 3.8) is 0 Å². The highest BCUT2D eigenvalue weighted by atomic mass is 31.2. The minimum Gasteiger partial charge on any atom is -0.756 e. The molecule has 0 aliphatic rings. The van der Waals surface area contributed by atoms with Gasteiger partial charge in [-0.3, -0.25) is 14.2 Å². The van der Waals surface area contributed by atoms with Gasteiger partial charge in [0.05, 0.1) is 33.7 Å². The van der Waals surface area contributed by atoms with Gasteiger partial charge in [-0.2, -0.15) is 0 Å². The summed E-state index contributed by atoms with van der Waals surface area (Å²) in [7, 11) is 1.19. The minimum absolute atomic E-state index is 0.0188. The predicted octanol–water partition coefficient (Wildman–Crippen LogP) is -0.0116. The Morgan fingerprint density at radius 1 is 1.16 bits per heavy atom. The van der Waals surface area contributed by atoms with Gasteiger partial charge in [0.15, 0.2) is 0 Å². The molecule has 0 aromatic carbocycles. The van der Waals surface area contributed by atoms with Gasteiger partial charge in [0, 0.05) is 0 Å². The van der Waals surface area contributed by atoms with Crippen LogP contribution in [0.1, 0.15) is 13.8 Å². The summed E-state index contributed by atoms with van der Waals surface area (Å²) < 4.78 is 21.2. The second kappa shape index (κ2) is 7.26. The zero-order valence-corrected chi connectivity index (χ0v) is 12.9. The Morgan fingerprint density at radius 2 is 1.63 bits per heavy atom. The van der Waals surface area contributed by atoms with E-state index >= 15 is 0 Å². The van der Waals surface area contributed by atoms with Crippen molar-refractivity contribution < 1.29 is 32.6 Å². The topological polar surface area (TPSA) is 92.7 Å². The van der Waals surface area contributed by atoms with E-state index in [9.17, 15) is 19.0 Å². The molecule has 0 saturated carbocycles. The summed E-state index contributed by atoms with van der Waals surface area (Å²) in [5.41, 5.74) is 0. The van der Waals surface area contributed by atoms with Gasteiger partial charge in [-0.05, 0) is 13.8 Å². The molecule has 112 valence electrons. The summed E-state index contributed by atoms with van der Waals surface area (Å²) in [6.07, 6.45) is 0. The van der Waals surface area contributed by atoms with Crippen LogP contribution in [0.15, 0.2) is 0 Å². The van der Waals surface area contributed by atoms with Crippen LogP contribution in [-0.2, 0) is 23.2 Å². The largest absolute Gasteiger partial charge is 0.756 e. The van der Waals surface area contributed by atoms with Crippen LogP contribution in [0.4, 0.5) is 0 Å². The lowest BCUT2D eigenvalue weighted by Crippen LogP contribution is -2.37. The summed E-state index contributed by atoms with van der Waals surface area (Å²) in [6.45, 7) is 2.38. The van der Waals surface area contributed by atoms with Crippen molar-refractivity contribution >= 4 is 19.4 Å². The number of ketones is 2. The number of carbonyl (C=O) groups excluding carboxylic acids is 2. The molecule has 0 fully saturated rings. The van der Waals surface area contributed by atoms with Crippen molar-refractivity contribution in [2.24, 2.45) is 5.92 Å². The Bertz CT molecular complexity index is 362. The number of nitrogens with zero attached hydrogens (tertiary/aromatic N) is 1. The molecular formula is C11H22NO6P. The zero-order chi connectivity index (χ0) is 15.3. The molecule has 0 rings (SSSR count). The minimum atomic E-state index is -4.48. The van der Waals surface area contributed by atoms with E-state index in [0.29, 0.717) is 11.0 Å². The Kier molecular flexibility index (Phi) is 7.04. The van der Waals surface area contributed by atoms with Crippen molar-refractivity contribution in [3.05, 3.63) is 0 Å². The van der Waals surface area contributed by atoms with E-state index < -0.39 is 31.9 Å². The normalized spacial score (nSPS) is 15.3. The molecule has 7 nitrogen and oxygen atoms in total. The molecule has 0 amide bonds. The molecule has 0 heterocycles. The van der Waals surface area contributed by atoms with Crippen LogP contribution in [0.25, 0.3) is 0 Å². The number of hydrogen-bond donors (Lipinski definition) is 0. The molecule has 0 spiro atoms. The molecule has 0 radical (unpaired) electrons. The number of rotatable bonds is 9. The molecule has 8 heteroatoms. The maximum Gasteiger partial charge on any atom is 0.268 e. The second-order valence-electron chi connectivity index (χ2n) is 5.36. The van der Waals surface area contributed by atoms with E-state index in [4.69, 9.17) is 0 Å². The predicted molar refractivity (Wildman–Crippen MR) is 67.3 cm³/mol. The van der Waals surface area contributed by atoms with Crippen molar-refractivity contribution in [2.75, 3.05) is 40.9 Å². The van der Waals surface area contributed by atoms with Gasteiger partial charge in [-0.1, -0.05) is 0 Å². The summed E-state index contributed by atoms with van der Waals surface area (Å²) in [5.74, 6) is -1.93. The molecular weight excluding hydrogens is 273 g/mol. The number of Topliss-reactive ketones (excluding diaryl/α,β-unsaturated/α-hetero) is 2. The third-order valence-corrected chi connectivity index (χ3v) is 3.36. The first-order valence-electron chi connectivity index (χ1n) is 5.86. The third-order valence-electron chi connectivity index (χ3n) is 2.39. The molecule has 0 bridgehead atoms. The lowest BCUT2D eigenvalue weighted by atomic mass is 10.0. The molecule has 1 unspecified atom stereocenters. The molecule has 0 aliphatic heterocycles. The monoisotopic (exact) mass is 295 g/mol. The summed E-state index contributed by atoms with van der Waals surface area (Å²) in [4.78, 5) is 33.6. The molecule has 1 atom stereocenters. The first-order chi connectivity index (χ1) is 8.44. The van der Waals surface area contributed by atoms with Crippen molar-refractivity contribution in [2.45, 2.75) is 13.8 Å². The highest BCUT2D eigenvalue weighted by Gasteiger charge is 2.23. The summed E-state index contributed by atoms with van der Waals surface area (Å²) >= 11 is 0. The first-order valence-corrected chi connectivity index (χ1v) is 7.32. The first kappa shape index (κ1) is 18.4. The SMILES string of the molecule is CC(=O)C(COP(=O)([O-])OCC[N+](C)(C)C)C(C)=O. The van der Waals surface area contributed by atoms with E-state index in [1.807, 2.05) is 21.1 Å². The van der Waals surface area contributed by atoms with Crippen molar-refractivity contribution in [1.82, 2.24) is 0 Å². The number of carbonyl (C=O) groups is 2. The van der Waals surface area contributed by atoms with E-state index in [-0.39, 0.29) is 6.61 Å². The molecule has 0 N–H and O–H groups in total. The quantitative estimate of drug-likeness (QED) is 0.337. The van der Waals surface area contributed by atoms with Crippen LogP contribution >= 0.6 is 7.82 Å². The average Bonchev–Trinajstić information content (AvgIpc) is 2.13. The average molecular weight is 295 g/mol. The molecule has 0 aromatic heterocycles. The van der Waals surface area contributed by atoms with Crippen LogP contribution in [0, 0.1) is 5.92 Å². The standard InChI is InChI=1S/C11H22NO6P/c1-9(13)11(10(2)14)8-18-19(15,16)17-7-6-12(3,4)5/h11H,6-8H2,1-5H3. The fraction of sp³-hybridized carbons (Fsp3) is 0.818. The van der Waals surface area contributed by atoms with Crippen LogP contribution in [0.5, 0.6) is 0 Å². The Labute approximate surface area is 113 Å². The fourth-order valence-electron chi connectivity index (χ4n) is 1.15. The van der Waals surface area contributed by atoms with Gasteiger partial charge >= 0.3 is 0 Å². The van der Waals surface area contributed by atoms with E-state index in [1.54, 1.807) is 0 Å². The molecule has 0 aromatic rings. The molecule has 19 heavy (non-hydrogen) atoms. The van der Waals surface area contributed by atoms with Gasteiger partial charge in [0.25, 0.3) is 7.82 Å². The lowest BCUT2D eigenvalue weighted by molar-refractivity contribution is -0.870. The Morgan fingerprint density at radius 3 is 2.00 bits per heavy atom. The third kappa shape index (κ3) is 9.02. The van der Waals surface area contributed by atoms with Gasteiger partial charge in [-0.15, -0.1) is 0 Å². The Hall–Kier alpha value is -0.590. The van der Waals surface area contributed by atoms with Gasteiger partial charge in [-0.25, -0.2) is 0 Å². The second-order valence-corrected chi connectivity index (χ2v) is 6.77. The van der Waals surface area contributed by atoms with Crippen LogP contribution < -0.4 is 4.89 Å². The lowest BCUT2D eigenvalue weighted by Gasteiger charge is -2.27. The van der Waals surface area contributed by atoms with Crippen LogP contribution in [0.3, 0.4) is 0 Å². The Balaban J connectivity index is 4.26. The maximum absolute atomic E-state index is 11.4. The van der Waals surface area contributed by atoms with E-state index in [1.165, 1.54) is 13.8 Å². The number of phosphoric acid groups is 1. The molecule has 0 saturated heterocycles. The van der Waals surface area contributed by atoms with Gasteiger partial charge in [0.1, 0.15) is 24.7 Å². The highest BCUT2D eigenvalue weighted by Crippen LogP contribution is 2.38. The smallest absolute Gasteiger partial charge is 0.268 e. The van der Waals surface area contributed by atoms with Crippen LogP contribution in [0.2, 0.25) is 0 Å². The van der Waals surface area contributed by atoms with Crippen molar-refractivity contribution in [3.8, 4) is 0 Å². The number of likely N-dealkylation sites (N-methyl/N-ethyl adjacent to an activating group) is 1.